The summed E-state index contributed by atoms with van der Waals surface area (Å²) in [5, 5.41) is 12.6. The highest BCUT2D eigenvalue weighted by molar-refractivity contribution is 5.73. The zero-order valence-electron chi connectivity index (χ0n) is 26.3. The summed E-state index contributed by atoms with van der Waals surface area (Å²) < 4.78 is 19.3. The number of carbonyl (C=O) groups is 4. The molecule has 12 heteroatoms. The van der Waals surface area contributed by atoms with Crippen LogP contribution in [0.2, 0.25) is 0 Å². The summed E-state index contributed by atoms with van der Waals surface area (Å²) >= 11 is 0. The minimum absolute atomic E-state index is 0.304. The van der Waals surface area contributed by atoms with E-state index in [1.807, 2.05) is 0 Å². The second kappa shape index (κ2) is 28.6. The van der Waals surface area contributed by atoms with Crippen molar-refractivity contribution in [3.05, 3.63) is 0 Å². The lowest BCUT2D eigenvalue weighted by molar-refractivity contribution is 0.0586. The largest absolute Gasteiger partial charge is 0.453 e. The Morgan fingerprint density at radius 3 is 1.05 bits per heavy atom. The van der Waals surface area contributed by atoms with Crippen molar-refractivity contribution in [1.82, 2.24) is 0 Å². The molecule has 0 aliphatic carbocycles. The zero-order valence-corrected chi connectivity index (χ0v) is 26.3. The number of azo groups is 2. The molecule has 0 unspecified atom stereocenters. The van der Waals surface area contributed by atoms with Gasteiger partial charge in [-0.15, -0.1) is 0 Å². The average molecular weight is 587 g/mol. The van der Waals surface area contributed by atoms with Gasteiger partial charge in [-0.05, 0) is 40.0 Å². The van der Waals surface area contributed by atoms with Gasteiger partial charge in [-0.2, -0.15) is 0 Å². The number of ether oxygens (including phenoxy) is 4. The fourth-order valence-electron chi connectivity index (χ4n) is 3.13. The van der Waals surface area contributed by atoms with Crippen molar-refractivity contribution in [3.63, 3.8) is 0 Å². The van der Waals surface area contributed by atoms with Gasteiger partial charge < -0.3 is 18.9 Å². The smallest absolute Gasteiger partial charge is 0.447 e. The fraction of sp³-hybridized carbons (Fsp3) is 0.862. The number of rotatable bonds is 18. The molecule has 12 nitrogen and oxygen atoms in total. The van der Waals surface area contributed by atoms with Crippen LogP contribution in [0, 0.1) is 0 Å². The van der Waals surface area contributed by atoms with Gasteiger partial charge in [-0.1, -0.05) is 118 Å². The van der Waals surface area contributed by atoms with Crippen molar-refractivity contribution in [1.29, 1.82) is 0 Å². The van der Waals surface area contributed by atoms with Gasteiger partial charge in [0.15, 0.2) is 0 Å². The minimum Gasteiger partial charge on any atom is -0.447 e. The fourth-order valence-corrected chi connectivity index (χ4v) is 3.13. The molecule has 0 N–H and O–H groups in total. The van der Waals surface area contributed by atoms with Gasteiger partial charge in [0.05, 0.1) is 19.8 Å². The molecule has 0 aromatic carbocycles. The molecule has 0 bridgehead atoms. The van der Waals surface area contributed by atoms with E-state index < -0.39 is 30.0 Å². The van der Waals surface area contributed by atoms with Crippen molar-refractivity contribution >= 4 is 24.4 Å². The highest BCUT2D eigenvalue weighted by Gasteiger charge is 2.16. The van der Waals surface area contributed by atoms with Crippen LogP contribution in [0.15, 0.2) is 20.5 Å². The molecule has 0 saturated carbocycles. The molecule has 0 aromatic heterocycles. The van der Waals surface area contributed by atoms with Crippen LogP contribution in [0.4, 0.5) is 19.2 Å². The maximum atomic E-state index is 11.2. The van der Waals surface area contributed by atoms with Crippen LogP contribution < -0.4 is 0 Å². The maximum Gasteiger partial charge on any atom is 0.453 e. The maximum absolute atomic E-state index is 11.2. The molecule has 4 amide bonds. The van der Waals surface area contributed by atoms with E-state index in [4.69, 9.17) is 18.9 Å². The van der Waals surface area contributed by atoms with E-state index in [1.165, 1.54) is 38.5 Å². The first-order valence-corrected chi connectivity index (χ1v) is 15.1. The Hall–Kier alpha value is -2.92. The molecule has 0 aliphatic rings. The van der Waals surface area contributed by atoms with Crippen molar-refractivity contribution < 1.29 is 38.1 Å². The van der Waals surface area contributed by atoms with Gasteiger partial charge in [-0.3, -0.25) is 0 Å². The lowest BCUT2D eigenvalue weighted by Gasteiger charge is -2.16. The third kappa shape index (κ3) is 35.1. The molecule has 0 heterocycles. The SMILES string of the molecule is CCCCCCCCOC(=O)N=NC(=O)OC(C)(C)C.CCCCCCCCOC(=O)N=NC(=O)OCCCCC. The third-order valence-corrected chi connectivity index (χ3v) is 5.24. The summed E-state index contributed by atoms with van der Waals surface area (Å²) in [7, 11) is 0. The lowest BCUT2D eigenvalue weighted by Crippen LogP contribution is -2.21. The molecule has 41 heavy (non-hydrogen) atoms. The molecule has 238 valence electrons. The van der Waals surface area contributed by atoms with Gasteiger partial charge >= 0.3 is 24.4 Å². The van der Waals surface area contributed by atoms with Crippen LogP contribution in [0.25, 0.3) is 0 Å². The number of hydrogen-bond acceptors (Lipinski definition) is 8. The quantitative estimate of drug-likeness (QED) is 0.0872. The molecular weight excluding hydrogens is 532 g/mol. The van der Waals surface area contributed by atoms with E-state index in [-0.39, 0.29) is 0 Å². The summed E-state index contributed by atoms with van der Waals surface area (Å²) in [6, 6.07) is 0. The summed E-state index contributed by atoms with van der Waals surface area (Å²) in [5.74, 6) is 0. The number of nitrogens with zero attached hydrogens (tertiary/aromatic N) is 4. The molecule has 0 saturated heterocycles. The van der Waals surface area contributed by atoms with Gasteiger partial charge in [0, 0.05) is 0 Å². The second-order valence-electron chi connectivity index (χ2n) is 10.5. The predicted octanol–water partition coefficient (Wildman–Crippen LogP) is 10.1. The van der Waals surface area contributed by atoms with Crippen LogP contribution in [0.5, 0.6) is 0 Å². The molecule has 0 spiro atoms. The number of amides is 4. The Balaban J connectivity index is 0. The van der Waals surface area contributed by atoms with Gasteiger partial charge in [0.2, 0.25) is 0 Å². The molecule has 0 fully saturated rings. The van der Waals surface area contributed by atoms with E-state index >= 15 is 0 Å². The van der Waals surface area contributed by atoms with Crippen LogP contribution >= 0.6 is 0 Å². The molecule has 0 rings (SSSR count). The molecule has 0 radical (unpaired) electrons. The topological polar surface area (TPSA) is 155 Å². The summed E-state index contributed by atoms with van der Waals surface area (Å²) in [6.45, 7) is 12.4. The Morgan fingerprint density at radius 1 is 0.439 bits per heavy atom. The first-order chi connectivity index (χ1) is 19.6. The first-order valence-electron chi connectivity index (χ1n) is 15.1. The standard InChI is InChI=1S/C15H28N2O4.C14H26N2O4/c1-3-5-7-8-9-11-13-21-15(19)17-16-14(18)20-12-10-6-4-2;1-5-6-7-8-9-10-11-19-12(17)15-16-13(18)20-14(2,3)4/h3-13H2,1-2H3;5-11H2,1-4H3. The van der Waals surface area contributed by atoms with Gasteiger partial charge in [-0.25, -0.2) is 19.2 Å². The predicted molar refractivity (Wildman–Crippen MR) is 156 cm³/mol. The van der Waals surface area contributed by atoms with Crippen LogP contribution in [-0.2, 0) is 18.9 Å². The van der Waals surface area contributed by atoms with E-state index in [0.29, 0.717) is 19.8 Å². The molecule has 0 aromatic rings. The van der Waals surface area contributed by atoms with Gasteiger partial charge in [0.1, 0.15) is 5.60 Å². The second-order valence-corrected chi connectivity index (χ2v) is 10.5. The van der Waals surface area contributed by atoms with Crippen LogP contribution in [0.3, 0.4) is 0 Å². The monoisotopic (exact) mass is 586 g/mol. The minimum atomic E-state index is -0.894. The lowest BCUT2D eigenvalue weighted by atomic mass is 10.1. The first kappa shape index (κ1) is 40.2. The van der Waals surface area contributed by atoms with Crippen molar-refractivity contribution in [2.75, 3.05) is 19.8 Å². The number of hydrogen-bond donors (Lipinski definition) is 0. The third-order valence-electron chi connectivity index (χ3n) is 5.24. The highest BCUT2D eigenvalue weighted by Crippen LogP contribution is 2.09. The number of unbranched alkanes of at least 4 members (excludes halogenated alkanes) is 12. The molecule has 0 aliphatic heterocycles. The van der Waals surface area contributed by atoms with E-state index in [9.17, 15) is 19.2 Å². The van der Waals surface area contributed by atoms with Gasteiger partial charge in [0.25, 0.3) is 0 Å². The highest BCUT2D eigenvalue weighted by atomic mass is 16.6. The molecular formula is C29H54N4O8. The Kier molecular flexibility index (Phi) is 28.1. The average Bonchev–Trinajstić information content (AvgIpc) is 2.91. The number of carbonyl (C=O) groups excluding carboxylic acids is 4. The summed E-state index contributed by atoms with van der Waals surface area (Å²) in [4.78, 5) is 44.6. The Bertz CT molecular complexity index is 752. The zero-order chi connectivity index (χ0) is 31.2. The Morgan fingerprint density at radius 2 is 0.707 bits per heavy atom. The normalized spacial score (nSPS) is 11.2. The Labute approximate surface area is 246 Å². The van der Waals surface area contributed by atoms with E-state index in [0.717, 1.165) is 57.8 Å². The van der Waals surface area contributed by atoms with Crippen LogP contribution in [-0.4, -0.2) is 49.8 Å². The van der Waals surface area contributed by atoms with Crippen LogP contribution in [0.1, 0.15) is 138 Å². The molecule has 0 atom stereocenters. The van der Waals surface area contributed by atoms with Crippen molar-refractivity contribution in [2.45, 2.75) is 143 Å². The van der Waals surface area contributed by atoms with E-state index in [2.05, 4.69) is 41.2 Å². The summed E-state index contributed by atoms with van der Waals surface area (Å²) in [6.07, 6.45) is 12.7. The van der Waals surface area contributed by atoms with E-state index in [1.54, 1.807) is 20.8 Å². The summed E-state index contributed by atoms with van der Waals surface area (Å²) in [5.41, 5.74) is -0.654. The van der Waals surface area contributed by atoms with Crippen molar-refractivity contribution in [3.8, 4) is 0 Å². The van der Waals surface area contributed by atoms with Crippen molar-refractivity contribution in [2.24, 2.45) is 20.5 Å².